The van der Waals surface area contributed by atoms with Crippen LogP contribution in [0.2, 0.25) is 0 Å². The van der Waals surface area contributed by atoms with E-state index in [4.69, 9.17) is 0 Å². The third-order valence-electron chi connectivity index (χ3n) is 4.93. The minimum atomic E-state index is -2.55. The van der Waals surface area contributed by atoms with E-state index in [1.54, 1.807) is 10.9 Å². The van der Waals surface area contributed by atoms with E-state index in [2.05, 4.69) is 20.4 Å². The highest BCUT2D eigenvalue weighted by atomic mass is 19.3. The molecule has 1 aliphatic rings. The lowest BCUT2D eigenvalue weighted by Crippen LogP contribution is -2.41. The summed E-state index contributed by atoms with van der Waals surface area (Å²) in [4.78, 5) is 8.64. The largest absolute Gasteiger partial charge is 0.388 e. The molecule has 6 nitrogen and oxygen atoms in total. The van der Waals surface area contributed by atoms with Crippen molar-refractivity contribution in [3.8, 4) is 11.3 Å². The van der Waals surface area contributed by atoms with E-state index in [1.807, 2.05) is 25.3 Å². The standard InChI is InChI=1S/C20H21F2N5O/c1-13-7-16(15-10-24-27(11-15)12-20(28)4-2-5-20)25-18(8-13)26-17-9-14(19(21)22)3-6-23-17/h3,6-11,19,28H,2,4-5,12H2,1H3,(H,23,25,26). The molecule has 2 N–H and O–H groups in total. The SMILES string of the molecule is Cc1cc(Nc2cc(C(F)F)ccn2)nc(-c2cnn(CC3(O)CCC3)c2)c1. The zero-order valence-corrected chi connectivity index (χ0v) is 15.4. The molecule has 4 rings (SSSR count). The van der Waals surface area contributed by atoms with Gasteiger partial charge in [-0.1, -0.05) is 0 Å². The molecule has 0 aromatic carbocycles. The van der Waals surface area contributed by atoms with Gasteiger partial charge in [-0.15, -0.1) is 0 Å². The first-order chi connectivity index (χ1) is 13.4. The average molecular weight is 385 g/mol. The third-order valence-corrected chi connectivity index (χ3v) is 4.93. The molecule has 0 atom stereocenters. The summed E-state index contributed by atoms with van der Waals surface area (Å²) in [7, 11) is 0. The molecule has 28 heavy (non-hydrogen) atoms. The lowest BCUT2D eigenvalue weighted by molar-refractivity contribution is -0.0498. The highest BCUT2D eigenvalue weighted by Crippen LogP contribution is 2.33. The van der Waals surface area contributed by atoms with Crippen LogP contribution in [-0.4, -0.2) is 30.5 Å². The number of hydrogen-bond donors (Lipinski definition) is 2. The van der Waals surface area contributed by atoms with Gasteiger partial charge in [-0.2, -0.15) is 5.10 Å². The first-order valence-corrected chi connectivity index (χ1v) is 9.15. The molecular formula is C20H21F2N5O. The van der Waals surface area contributed by atoms with Crippen molar-refractivity contribution in [2.45, 2.75) is 44.8 Å². The van der Waals surface area contributed by atoms with Crippen molar-refractivity contribution in [3.05, 3.63) is 54.0 Å². The average Bonchev–Trinajstić information content (AvgIpc) is 3.08. The van der Waals surface area contributed by atoms with Gasteiger partial charge >= 0.3 is 0 Å². The molecule has 3 heterocycles. The highest BCUT2D eigenvalue weighted by Gasteiger charge is 2.35. The Morgan fingerprint density at radius 3 is 2.79 bits per heavy atom. The van der Waals surface area contributed by atoms with Crippen molar-refractivity contribution in [2.75, 3.05) is 5.32 Å². The molecule has 3 aromatic rings. The molecule has 0 bridgehead atoms. The number of alkyl halides is 2. The maximum Gasteiger partial charge on any atom is 0.264 e. The van der Waals surface area contributed by atoms with Crippen molar-refractivity contribution in [1.29, 1.82) is 0 Å². The van der Waals surface area contributed by atoms with Crippen LogP contribution in [-0.2, 0) is 6.54 Å². The van der Waals surface area contributed by atoms with E-state index in [9.17, 15) is 13.9 Å². The summed E-state index contributed by atoms with van der Waals surface area (Å²) in [6, 6.07) is 6.34. The van der Waals surface area contributed by atoms with E-state index in [0.29, 0.717) is 23.9 Å². The van der Waals surface area contributed by atoms with Gasteiger partial charge in [0, 0.05) is 23.5 Å². The van der Waals surface area contributed by atoms with Gasteiger partial charge in [-0.3, -0.25) is 4.68 Å². The summed E-state index contributed by atoms with van der Waals surface area (Å²) in [5.74, 6) is 0.823. The van der Waals surface area contributed by atoms with E-state index in [0.717, 1.165) is 30.4 Å². The van der Waals surface area contributed by atoms with Crippen LogP contribution in [0.3, 0.4) is 0 Å². The van der Waals surface area contributed by atoms with Crippen LogP contribution >= 0.6 is 0 Å². The van der Waals surface area contributed by atoms with Gasteiger partial charge in [-0.05, 0) is 56.0 Å². The number of pyridine rings is 2. The zero-order chi connectivity index (χ0) is 19.7. The lowest BCUT2D eigenvalue weighted by Gasteiger charge is -2.36. The number of nitrogens with one attached hydrogen (secondary N) is 1. The van der Waals surface area contributed by atoms with Crippen molar-refractivity contribution >= 4 is 11.6 Å². The number of aliphatic hydroxyl groups is 1. The van der Waals surface area contributed by atoms with Crippen LogP contribution in [0.1, 0.15) is 36.8 Å². The van der Waals surface area contributed by atoms with Gasteiger partial charge in [0.15, 0.2) is 0 Å². The van der Waals surface area contributed by atoms with Crippen molar-refractivity contribution in [2.24, 2.45) is 0 Å². The van der Waals surface area contributed by atoms with Gasteiger partial charge in [0.25, 0.3) is 6.43 Å². The second kappa shape index (κ2) is 7.27. The fourth-order valence-corrected chi connectivity index (χ4v) is 3.29. The normalized spacial score (nSPS) is 15.5. The van der Waals surface area contributed by atoms with Crippen LogP contribution in [0.15, 0.2) is 42.9 Å². The Labute approximate surface area is 161 Å². The fourth-order valence-electron chi connectivity index (χ4n) is 3.29. The summed E-state index contributed by atoms with van der Waals surface area (Å²) < 4.78 is 27.5. The van der Waals surface area contributed by atoms with Crippen molar-refractivity contribution in [1.82, 2.24) is 19.7 Å². The van der Waals surface area contributed by atoms with Crippen LogP contribution in [0.4, 0.5) is 20.4 Å². The Balaban J connectivity index is 1.56. The Kier molecular flexibility index (Phi) is 4.80. The minimum absolute atomic E-state index is 0.0967. The van der Waals surface area contributed by atoms with Crippen LogP contribution < -0.4 is 5.32 Å². The first-order valence-electron chi connectivity index (χ1n) is 9.15. The van der Waals surface area contributed by atoms with Crippen LogP contribution in [0.25, 0.3) is 11.3 Å². The molecule has 146 valence electrons. The molecular weight excluding hydrogens is 364 g/mol. The monoisotopic (exact) mass is 385 g/mol. The molecule has 0 amide bonds. The number of nitrogens with zero attached hydrogens (tertiary/aromatic N) is 4. The number of hydrogen-bond acceptors (Lipinski definition) is 5. The second-order valence-electron chi connectivity index (χ2n) is 7.32. The predicted molar refractivity (Wildman–Crippen MR) is 101 cm³/mol. The lowest BCUT2D eigenvalue weighted by atomic mass is 9.80. The molecule has 0 saturated heterocycles. The Bertz CT molecular complexity index is 984. The summed E-state index contributed by atoms with van der Waals surface area (Å²) in [5.41, 5.74) is 1.74. The molecule has 0 unspecified atom stereocenters. The molecule has 1 fully saturated rings. The first kappa shape index (κ1) is 18.5. The third kappa shape index (κ3) is 4.01. The van der Waals surface area contributed by atoms with E-state index in [1.165, 1.54) is 18.3 Å². The quantitative estimate of drug-likeness (QED) is 0.664. The Morgan fingerprint density at radius 2 is 2.07 bits per heavy atom. The number of anilines is 2. The van der Waals surface area contributed by atoms with Gasteiger partial charge in [0.05, 0.1) is 24.0 Å². The summed E-state index contributed by atoms with van der Waals surface area (Å²) in [6.45, 7) is 2.40. The molecule has 0 radical (unpaired) electrons. The van der Waals surface area contributed by atoms with Crippen molar-refractivity contribution in [3.63, 3.8) is 0 Å². The smallest absolute Gasteiger partial charge is 0.264 e. The van der Waals surface area contributed by atoms with E-state index >= 15 is 0 Å². The second-order valence-corrected chi connectivity index (χ2v) is 7.32. The van der Waals surface area contributed by atoms with Gasteiger partial charge < -0.3 is 10.4 Å². The summed E-state index contributed by atoms with van der Waals surface area (Å²) >= 11 is 0. The number of halogens is 2. The zero-order valence-electron chi connectivity index (χ0n) is 15.4. The summed E-state index contributed by atoms with van der Waals surface area (Å²) in [6.07, 6.45) is 4.99. The molecule has 0 aliphatic heterocycles. The molecule has 1 saturated carbocycles. The van der Waals surface area contributed by atoms with E-state index in [-0.39, 0.29) is 5.56 Å². The maximum absolute atomic E-state index is 12.9. The van der Waals surface area contributed by atoms with Gasteiger partial charge in [0.2, 0.25) is 0 Å². The van der Waals surface area contributed by atoms with Crippen molar-refractivity contribution < 1.29 is 13.9 Å². The number of aromatic nitrogens is 4. The van der Waals surface area contributed by atoms with Crippen LogP contribution in [0.5, 0.6) is 0 Å². The Morgan fingerprint density at radius 1 is 1.25 bits per heavy atom. The maximum atomic E-state index is 12.9. The highest BCUT2D eigenvalue weighted by molar-refractivity contribution is 5.63. The molecule has 8 heteroatoms. The number of rotatable bonds is 6. The summed E-state index contributed by atoms with van der Waals surface area (Å²) in [5, 5.41) is 17.6. The molecule has 3 aromatic heterocycles. The van der Waals surface area contributed by atoms with E-state index < -0.39 is 12.0 Å². The fraction of sp³-hybridized carbons (Fsp3) is 0.350. The predicted octanol–water partition coefficient (Wildman–Crippen LogP) is 4.24. The minimum Gasteiger partial charge on any atom is -0.388 e. The molecule has 0 spiro atoms. The molecule has 1 aliphatic carbocycles. The topological polar surface area (TPSA) is 75.9 Å². The van der Waals surface area contributed by atoms with Gasteiger partial charge in [-0.25, -0.2) is 18.7 Å². The van der Waals surface area contributed by atoms with Crippen LogP contribution in [0, 0.1) is 6.92 Å². The van der Waals surface area contributed by atoms with Gasteiger partial charge in [0.1, 0.15) is 11.6 Å². The Hall–Kier alpha value is -2.87. The number of aryl methyl sites for hydroxylation is 1.